The SMILES string of the molecule is CC(C)c1noc(CN2C(=O)NC(C)(c3ccc(F)cc3)C2=O)n1. The zero-order chi connectivity index (χ0) is 17.5. The van der Waals surface area contributed by atoms with Crippen molar-refractivity contribution < 1.29 is 18.5 Å². The molecule has 7 nitrogen and oxygen atoms in total. The monoisotopic (exact) mass is 332 g/mol. The Bertz CT molecular complexity index is 787. The van der Waals surface area contributed by atoms with Crippen molar-refractivity contribution in [1.29, 1.82) is 0 Å². The molecule has 1 aromatic heterocycles. The number of hydrogen-bond acceptors (Lipinski definition) is 5. The molecule has 2 heterocycles. The number of nitrogens with one attached hydrogen (secondary N) is 1. The summed E-state index contributed by atoms with van der Waals surface area (Å²) in [6, 6.07) is 4.88. The molecule has 0 spiro atoms. The molecule has 126 valence electrons. The van der Waals surface area contributed by atoms with E-state index in [9.17, 15) is 14.0 Å². The highest BCUT2D eigenvalue weighted by molar-refractivity contribution is 6.07. The van der Waals surface area contributed by atoms with Crippen LogP contribution in [-0.2, 0) is 16.9 Å². The van der Waals surface area contributed by atoms with Gasteiger partial charge in [-0.15, -0.1) is 0 Å². The lowest BCUT2D eigenvalue weighted by molar-refractivity contribution is -0.131. The summed E-state index contributed by atoms with van der Waals surface area (Å²) in [4.78, 5) is 30.1. The lowest BCUT2D eigenvalue weighted by Crippen LogP contribution is -2.40. The Morgan fingerprint density at radius 1 is 1.29 bits per heavy atom. The van der Waals surface area contributed by atoms with Crippen molar-refractivity contribution in [3.8, 4) is 0 Å². The standard InChI is InChI=1S/C16H17FN4O3/c1-9(2)13-18-12(24-20-13)8-21-14(22)16(3,19-15(21)23)10-4-6-11(17)7-5-10/h4-7,9H,8H2,1-3H3,(H,19,23). The number of carbonyl (C=O) groups excluding carboxylic acids is 2. The van der Waals surface area contributed by atoms with Crippen molar-refractivity contribution >= 4 is 11.9 Å². The van der Waals surface area contributed by atoms with E-state index in [4.69, 9.17) is 4.52 Å². The molecular formula is C16H17FN4O3. The maximum atomic E-state index is 13.1. The molecule has 8 heteroatoms. The van der Waals surface area contributed by atoms with Crippen LogP contribution in [-0.4, -0.2) is 27.0 Å². The molecule has 0 radical (unpaired) electrons. The Morgan fingerprint density at radius 2 is 1.96 bits per heavy atom. The number of halogens is 1. The summed E-state index contributed by atoms with van der Waals surface area (Å²) < 4.78 is 18.2. The number of amides is 3. The van der Waals surface area contributed by atoms with Crippen molar-refractivity contribution in [3.05, 3.63) is 47.4 Å². The first kappa shape index (κ1) is 16.1. The van der Waals surface area contributed by atoms with Gasteiger partial charge < -0.3 is 9.84 Å². The molecule has 1 fully saturated rings. The molecule has 1 saturated heterocycles. The average Bonchev–Trinajstić information content (AvgIpc) is 3.08. The first-order chi connectivity index (χ1) is 11.3. The van der Waals surface area contributed by atoms with Crippen LogP contribution >= 0.6 is 0 Å². The van der Waals surface area contributed by atoms with Gasteiger partial charge >= 0.3 is 6.03 Å². The lowest BCUT2D eigenvalue weighted by Gasteiger charge is -2.21. The minimum atomic E-state index is -1.26. The summed E-state index contributed by atoms with van der Waals surface area (Å²) in [6.07, 6.45) is 0. The first-order valence-corrected chi connectivity index (χ1v) is 7.54. The van der Waals surface area contributed by atoms with Gasteiger partial charge in [-0.1, -0.05) is 31.1 Å². The molecule has 1 unspecified atom stereocenters. The van der Waals surface area contributed by atoms with Crippen LogP contribution in [0.3, 0.4) is 0 Å². The number of carbonyl (C=O) groups is 2. The third-order valence-electron chi connectivity index (χ3n) is 3.99. The summed E-state index contributed by atoms with van der Waals surface area (Å²) in [7, 11) is 0. The second-order valence-electron chi connectivity index (χ2n) is 6.15. The Morgan fingerprint density at radius 3 is 2.54 bits per heavy atom. The maximum absolute atomic E-state index is 13.1. The van der Waals surface area contributed by atoms with Crippen molar-refractivity contribution in [2.24, 2.45) is 0 Å². The van der Waals surface area contributed by atoms with Crippen LogP contribution in [0.25, 0.3) is 0 Å². The second kappa shape index (κ2) is 5.70. The van der Waals surface area contributed by atoms with E-state index in [0.717, 1.165) is 4.90 Å². The third kappa shape index (κ3) is 2.64. The highest BCUT2D eigenvalue weighted by atomic mass is 19.1. The van der Waals surface area contributed by atoms with E-state index in [1.54, 1.807) is 6.92 Å². The van der Waals surface area contributed by atoms with Crippen molar-refractivity contribution in [2.75, 3.05) is 0 Å². The minimum Gasteiger partial charge on any atom is -0.337 e. The Balaban J connectivity index is 1.84. The molecule has 3 amide bonds. The van der Waals surface area contributed by atoms with Crippen molar-refractivity contribution in [2.45, 2.75) is 38.8 Å². The number of hydrogen-bond donors (Lipinski definition) is 1. The van der Waals surface area contributed by atoms with Gasteiger partial charge in [-0.25, -0.2) is 9.18 Å². The average molecular weight is 332 g/mol. The summed E-state index contributed by atoms with van der Waals surface area (Å²) in [5.74, 6) is -0.0922. The van der Waals surface area contributed by atoms with Gasteiger partial charge in [0.2, 0.25) is 5.89 Å². The lowest BCUT2D eigenvalue weighted by atomic mass is 9.92. The summed E-state index contributed by atoms with van der Waals surface area (Å²) in [6.45, 7) is 5.29. The number of urea groups is 1. The van der Waals surface area contributed by atoms with E-state index in [1.807, 2.05) is 13.8 Å². The van der Waals surface area contributed by atoms with Gasteiger partial charge in [-0.3, -0.25) is 9.69 Å². The largest absolute Gasteiger partial charge is 0.337 e. The van der Waals surface area contributed by atoms with Crippen LogP contribution in [0.1, 0.15) is 44.0 Å². The molecular weight excluding hydrogens is 315 g/mol. The summed E-state index contributed by atoms with van der Waals surface area (Å²) in [5, 5.41) is 6.46. The minimum absolute atomic E-state index is 0.0788. The molecule has 3 rings (SSSR count). The first-order valence-electron chi connectivity index (χ1n) is 7.54. The predicted octanol–water partition coefficient (Wildman–Crippen LogP) is 2.30. The Hall–Kier alpha value is -2.77. The zero-order valence-electron chi connectivity index (χ0n) is 13.5. The summed E-state index contributed by atoms with van der Waals surface area (Å²) >= 11 is 0. The van der Waals surface area contributed by atoms with E-state index in [-0.39, 0.29) is 18.4 Å². The van der Waals surface area contributed by atoms with Crippen LogP contribution in [0.2, 0.25) is 0 Å². The van der Waals surface area contributed by atoms with Gasteiger partial charge in [0.15, 0.2) is 5.82 Å². The van der Waals surface area contributed by atoms with E-state index in [0.29, 0.717) is 11.4 Å². The summed E-state index contributed by atoms with van der Waals surface area (Å²) in [5.41, 5.74) is -0.760. The molecule has 1 aliphatic heterocycles. The fraction of sp³-hybridized carbons (Fsp3) is 0.375. The molecule has 0 aliphatic carbocycles. The van der Waals surface area contributed by atoms with Gasteiger partial charge in [0.25, 0.3) is 5.91 Å². The third-order valence-corrected chi connectivity index (χ3v) is 3.99. The number of imide groups is 1. The van der Waals surface area contributed by atoms with E-state index < -0.39 is 23.3 Å². The predicted molar refractivity (Wildman–Crippen MR) is 81.2 cm³/mol. The van der Waals surface area contributed by atoms with E-state index in [1.165, 1.54) is 24.3 Å². The van der Waals surface area contributed by atoms with Crippen molar-refractivity contribution in [3.63, 3.8) is 0 Å². The van der Waals surface area contributed by atoms with Crippen LogP contribution in [0, 0.1) is 5.82 Å². The Kier molecular flexibility index (Phi) is 3.82. The molecule has 1 N–H and O–H groups in total. The molecule has 1 aromatic carbocycles. The fourth-order valence-electron chi connectivity index (χ4n) is 2.52. The van der Waals surface area contributed by atoms with Gasteiger partial charge in [-0.2, -0.15) is 4.98 Å². The molecule has 0 saturated carbocycles. The Labute approximate surface area is 137 Å². The number of rotatable bonds is 4. The highest BCUT2D eigenvalue weighted by Crippen LogP contribution is 2.29. The van der Waals surface area contributed by atoms with Crippen LogP contribution in [0.15, 0.2) is 28.8 Å². The van der Waals surface area contributed by atoms with Gasteiger partial charge in [0.1, 0.15) is 17.9 Å². The molecule has 1 aliphatic rings. The van der Waals surface area contributed by atoms with Crippen molar-refractivity contribution in [1.82, 2.24) is 20.4 Å². The van der Waals surface area contributed by atoms with Crippen LogP contribution in [0.4, 0.5) is 9.18 Å². The quantitative estimate of drug-likeness (QED) is 0.868. The normalized spacial score (nSPS) is 20.8. The van der Waals surface area contributed by atoms with E-state index >= 15 is 0 Å². The number of nitrogens with zero attached hydrogens (tertiary/aromatic N) is 3. The molecule has 2 aromatic rings. The van der Waals surface area contributed by atoms with Gasteiger partial charge in [0, 0.05) is 5.92 Å². The van der Waals surface area contributed by atoms with Gasteiger partial charge in [0.05, 0.1) is 0 Å². The highest BCUT2D eigenvalue weighted by Gasteiger charge is 2.49. The van der Waals surface area contributed by atoms with Crippen LogP contribution in [0.5, 0.6) is 0 Å². The van der Waals surface area contributed by atoms with Gasteiger partial charge in [-0.05, 0) is 24.6 Å². The fourth-order valence-corrected chi connectivity index (χ4v) is 2.52. The van der Waals surface area contributed by atoms with Crippen LogP contribution < -0.4 is 5.32 Å². The smallest absolute Gasteiger partial charge is 0.325 e. The second-order valence-corrected chi connectivity index (χ2v) is 6.15. The zero-order valence-corrected chi connectivity index (χ0v) is 13.5. The maximum Gasteiger partial charge on any atom is 0.325 e. The number of benzene rings is 1. The van der Waals surface area contributed by atoms with E-state index in [2.05, 4.69) is 15.5 Å². The number of aromatic nitrogens is 2. The molecule has 1 atom stereocenters. The molecule has 0 bridgehead atoms. The topological polar surface area (TPSA) is 88.3 Å². The molecule has 24 heavy (non-hydrogen) atoms.